The molecular weight excluding hydrogens is 400 g/mol. The molecule has 0 saturated carbocycles. The lowest BCUT2D eigenvalue weighted by atomic mass is 9.70. The van der Waals surface area contributed by atoms with Crippen LogP contribution in [0.25, 0.3) is 0 Å². The quantitative estimate of drug-likeness (QED) is 0.690. The largest absolute Gasteiger partial charge is 0.484 e. The Balaban J connectivity index is 1.42. The molecule has 2 aliphatic rings. The molecule has 0 radical (unpaired) electrons. The second kappa shape index (κ2) is 9.05. The average Bonchev–Trinajstić information content (AvgIpc) is 3.37. The molecule has 1 unspecified atom stereocenters. The highest BCUT2D eigenvalue weighted by molar-refractivity contribution is 5.78. The Bertz CT molecular complexity index is 908. The lowest BCUT2D eigenvalue weighted by Crippen LogP contribution is -2.47. The number of amides is 2. The highest BCUT2D eigenvalue weighted by atomic mass is 16.5. The van der Waals surface area contributed by atoms with Crippen molar-refractivity contribution in [3.8, 4) is 5.75 Å². The van der Waals surface area contributed by atoms with Crippen LogP contribution >= 0.6 is 0 Å². The maximum atomic E-state index is 12.7. The molecular formula is C22H28N4O5. The first-order chi connectivity index (χ1) is 15.0. The van der Waals surface area contributed by atoms with Crippen molar-refractivity contribution in [3.05, 3.63) is 42.1 Å². The van der Waals surface area contributed by atoms with Crippen molar-refractivity contribution < 1.29 is 23.5 Å². The molecule has 1 aromatic carbocycles. The summed E-state index contributed by atoms with van der Waals surface area (Å²) in [5.41, 5.74) is -0.195. The van der Waals surface area contributed by atoms with Gasteiger partial charge < -0.3 is 23.7 Å². The van der Waals surface area contributed by atoms with E-state index in [9.17, 15) is 9.59 Å². The summed E-state index contributed by atoms with van der Waals surface area (Å²) in [5, 5.41) is 8.23. The maximum absolute atomic E-state index is 12.7. The molecule has 2 amide bonds. The van der Waals surface area contributed by atoms with Crippen LogP contribution in [-0.2, 0) is 14.3 Å². The third-order valence-corrected chi connectivity index (χ3v) is 6.33. The zero-order valence-electron chi connectivity index (χ0n) is 18.0. The van der Waals surface area contributed by atoms with Gasteiger partial charge in [-0.05, 0) is 25.0 Å². The molecule has 9 nitrogen and oxygen atoms in total. The van der Waals surface area contributed by atoms with Crippen LogP contribution in [0.2, 0.25) is 0 Å². The van der Waals surface area contributed by atoms with Crippen molar-refractivity contribution >= 4 is 11.8 Å². The number of aromatic nitrogens is 2. The summed E-state index contributed by atoms with van der Waals surface area (Å²) in [7, 11) is 1.52. The number of ether oxygens (including phenoxy) is 2. The van der Waals surface area contributed by atoms with Gasteiger partial charge in [0.15, 0.2) is 6.61 Å². The van der Waals surface area contributed by atoms with Crippen molar-refractivity contribution in [1.82, 2.24) is 20.0 Å². The van der Waals surface area contributed by atoms with Gasteiger partial charge in [-0.1, -0.05) is 18.2 Å². The molecule has 2 fully saturated rings. The zero-order valence-corrected chi connectivity index (χ0v) is 18.0. The predicted molar refractivity (Wildman–Crippen MR) is 110 cm³/mol. The molecule has 4 rings (SSSR count). The number of benzene rings is 1. The third kappa shape index (κ3) is 4.56. The van der Waals surface area contributed by atoms with E-state index in [4.69, 9.17) is 13.9 Å². The highest BCUT2D eigenvalue weighted by Gasteiger charge is 2.52. The topological polar surface area (TPSA) is 98.0 Å². The molecule has 2 aromatic rings. The van der Waals surface area contributed by atoms with Crippen LogP contribution in [0, 0.1) is 12.3 Å². The molecule has 1 atom stereocenters. The number of likely N-dealkylation sites (tertiary alicyclic amines) is 2. The summed E-state index contributed by atoms with van der Waals surface area (Å²) in [6, 6.07) is 9.32. The van der Waals surface area contributed by atoms with E-state index in [-0.39, 0.29) is 36.4 Å². The van der Waals surface area contributed by atoms with Gasteiger partial charge in [0.05, 0.1) is 5.92 Å². The van der Waals surface area contributed by atoms with Crippen molar-refractivity contribution in [3.63, 3.8) is 0 Å². The van der Waals surface area contributed by atoms with Gasteiger partial charge in [0.2, 0.25) is 17.7 Å². The Labute approximate surface area is 181 Å². The summed E-state index contributed by atoms with van der Waals surface area (Å²) in [6.07, 6.45) is 1.51. The molecule has 2 aliphatic heterocycles. The minimum absolute atomic E-state index is 0.0156. The van der Waals surface area contributed by atoms with Gasteiger partial charge in [0, 0.05) is 45.6 Å². The molecule has 31 heavy (non-hydrogen) atoms. The van der Waals surface area contributed by atoms with Gasteiger partial charge in [0.25, 0.3) is 5.91 Å². The van der Waals surface area contributed by atoms with Gasteiger partial charge in [-0.2, -0.15) is 0 Å². The first kappa shape index (κ1) is 21.3. The molecule has 0 bridgehead atoms. The Hall–Kier alpha value is -2.94. The van der Waals surface area contributed by atoms with E-state index in [1.807, 2.05) is 40.1 Å². The summed E-state index contributed by atoms with van der Waals surface area (Å²) >= 11 is 0. The van der Waals surface area contributed by atoms with Crippen molar-refractivity contribution in [1.29, 1.82) is 0 Å². The Kier molecular flexibility index (Phi) is 6.22. The zero-order chi connectivity index (χ0) is 21.8. The van der Waals surface area contributed by atoms with Crippen molar-refractivity contribution in [2.24, 2.45) is 5.41 Å². The predicted octanol–water partition coefficient (Wildman–Crippen LogP) is 1.64. The van der Waals surface area contributed by atoms with Gasteiger partial charge in [-0.25, -0.2) is 0 Å². The molecule has 1 spiro atoms. The fourth-order valence-electron chi connectivity index (χ4n) is 4.63. The van der Waals surface area contributed by atoms with E-state index in [2.05, 4.69) is 10.2 Å². The molecule has 9 heteroatoms. The first-order valence-electron chi connectivity index (χ1n) is 10.5. The van der Waals surface area contributed by atoms with Crippen LogP contribution in [0.5, 0.6) is 5.75 Å². The Morgan fingerprint density at radius 1 is 1.10 bits per heavy atom. The number of carbonyl (C=O) groups is 2. The number of hydrogen-bond donors (Lipinski definition) is 0. The van der Waals surface area contributed by atoms with E-state index in [1.54, 1.807) is 6.92 Å². The summed E-state index contributed by atoms with van der Waals surface area (Å²) in [5.74, 6) is 1.63. The second-order valence-electron chi connectivity index (χ2n) is 8.26. The highest BCUT2D eigenvalue weighted by Crippen LogP contribution is 2.49. The molecule has 0 aliphatic carbocycles. The molecule has 1 aromatic heterocycles. The molecule has 2 saturated heterocycles. The van der Waals surface area contributed by atoms with Gasteiger partial charge >= 0.3 is 0 Å². The van der Waals surface area contributed by atoms with Crippen molar-refractivity contribution in [2.45, 2.75) is 25.7 Å². The van der Waals surface area contributed by atoms with Crippen LogP contribution < -0.4 is 4.74 Å². The van der Waals surface area contributed by atoms with Gasteiger partial charge in [-0.3, -0.25) is 9.59 Å². The summed E-state index contributed by atoms with van der Waals surface area (Å²) in [6.45, 7) is 4.16. The standard InChI is InChI=1S/C22H28N4O5/c1-16-23-24-21(31-16)18-12-26(19(27)13-29-2)15-22(18)8-10-25(11-9-22)20(28)14-30-17-6-4-3-5-7-17/h3-7,18H,8-15H2,1-2H3. The Morgan fingerprint density at radius 3 is 2.45 bits per heavy atom. The fraction of sp³-hybridized carbons (Fsp3) is 0.545. The van der Waals surface area contributed by atoms with E-state index >= 15 is 0 Å². The molecule has 0 N–H and O–H groups in total. The number of para-hydroxylation sites is 1. The van der Waals surface area contributed by atoms with E-state index in [1.165, 1.54) is 7.11 Å². The van der Waals surface area contributed by atoms with E-state index < -0.39 is 0 Å². The number of nitrogens with zero attached hydrogens (tertiary/aromatic N) is 4. The van der Waals surface area contributed by atoms with Gasteiger partial charge in [0.1, 0.15) is 12.4 Å². The second-order valence-corrected chi connectivity index (χ2v) is 8.26. The first-order valence-corrected chi connectivity index (χ1v) is 10.5. The van der Waals surface area contributed by atoms with Crippen LogP contribution in [0.3, 0.4) is 0 Å². The monoisotopic (exact) mass is 428 g/mol. The smallest absolute Gasteiger partial charge is 0.260 e. The number of aryl methyl sites for hydroxylation is 1. The van der Waals surface area contributed by atoms with Crippen LogP contribution in [0.15, 0.2) is 34.7 Å². The summed E-state index contributed by atoms with van der Waals surface area (Å²) < 4.78 is 16.4. The number of piperidine rings is 1. The number of rotatable bonds is 6. The number of hydrogen-bond acceptors (Lipinski definition) is 7. The van der Waals surface area contributed by atoms with Gasteiger partial charge in [-0.15, -0.1) is 10.2 Å². The maximum Gasteiger partial charge on any atom is 0.260 e. The lowest BCUT2D eigenvalue weighted by Gasteiger charge is -2.41. The van der Waals surface area contributed by atoms with Crippen LogP contribution in [-0.4, -0.2) is 78.3 Å². The summed E-state index contributed by atoms with van der Waals surface area (Å²) in [4.78, 5) is 28.8. The fourth-order valence-corrected chi connectivity index (χ4v) is 4.63. The lowest BCUT2D eigenvalue weighted by molar-refractivity contribution is -0.137. The van der Waals surface area contributed by atoms with E-state index in [0.717, 1.165) is 12.8 Å². The molecule has 3 heterocycles. The number of methoxy groups -OCH3 is 1. The normalized spacial score (nSPS) is 20.3. The van der Waals surface area contributed by atoms with E-state index in [0.29, 0.717) is 43.7 Å². The Morgan fingerprint density at radius 2 is 1.81 bits per heavy atom. The van der Waals surface area contributed by atoms with Crippen LogP contribution in [0.1, 0.15) is 30.5 Å². The average molecular weight is 428 g/mol. The third-order valence-electron chi connectivity index (χ3n) is 6.33. The van der Waals surface area contributed by atoms with Crippen molar-refractivity contribution in [2.75, 3.05) is 46.5 Å². The SMILES string of the molecule is COCC(=O)N1CC(c2nnc(C)o2)C2(CCN(C(=O)COc3ccccc3)CC2)C1. The number of carbonyl (C=O) groups excluding carboxylic acids is 2. The molecule has 166 valence electrons. The minimum atomic E-state index is -0.195. The van der Waals surface area contributed by atoms with Crippen LogP contribution in [0.4, 0.5) is 0 Å². The minimum Gasteiger partial charge on any atom is -0.484 e.